The van der Waals surface area contributed by atoms with Crippen molar-refractivity contribution in [2.75, 3.05) is 0 Å². The van der Waals surface area contributed by atoms with Gasteiger partial charge < -0.3 is 0 Å². The van der Waals surface area contributed by atoms with Crippen LogP contribution >= 0.6 is 23.2 Å². The summed E-state index contributed by atoms with van der Waals surface area (Å²) in [5.74, 6) is 0. The molecule has 5 heteroatoms. The van der Waals surface area contributed by atoms with Crippen LogP contribution in [0.3, 0.4) is 0 Å². The second-order valence-corrected chi connectivity index (χ2v) is 3.85. The highest BCUT2D eigenvalue weighted by molar-refractivity contribution is 6.41. The number of aromatic amines is 1. The van der Waals surface area contributed by atoms with Crippen molar-refractivity contribution in [3.63, 3.8) is 0 Å². The molecule has 1 aromatic carbocycles. The van der Waals surface area contributed by atoms with Crippen LogP contribution in [-0.2, 0) is 6.54 Å². The number of hydrogen-bond donors (Lipinski definition) is 1. The predicted octanol–water partition coefficient (Wildman–Crippen LogP) is 2.53. The van der Waals surface area contributed by atoms with E-state index in [1.807, 2.05) is 30.3 Å². The Hall–Kier alpha value is -1.19. The second-order valence-electron chi connectivity index (χ2n) is 3.12. The Kier molecular flexibility index (Phi) is 2.84. The number of halogens is 2. The van der Waals surface area contributed by atoms with Crippen molar-refractivity contribution < 1.29 is 0 Å². The average molecular weight is 243 g/mol. The first-order valence-corrected chi connectivity index (χ1v) is 5.12. The molecule has 0 amide bonds. The number of benzene rings is 1. The topological polar surface area (TPSA) is 37.8 Å². The van der Waals surface area contributed by atoms with Gasteiger partial charge in [-0.3, -0.25) is 14.6 Å². The minimum atomic E-state index is -0.363. The van der Waals surface area contributed by atoms with Crippen molar-refractivity contribution in [3.05, 3.63) is 56.4 Å². The van der Waals surface area contributed by atoms with Crippen molar-refractivity contribution >= 4 is 23.2 Å². The Morgan fingerprint density at radius 2 is 1.87 bits per heavy atom. The van der Waals surface area contributed by atoms with Crippen LogP contribution in [0.2, 0.25) is 10.2 Å². The van der Waals surface area contributed by atoms with E-state index in [0.29, 0.717) is 6.54 Å². The third-order valence-electron chi connectivity index (χ3n) is 2.04. The lowest BCUT2D eigenvalue weighted by atomic mass is 10.2. The van der Waals surface area contributed by atoms with E-state index in [-0.39, 0.29) is 15.7 Å². The SMILES string of the molecule is O=c1[nH]n(Cc2ccccc2)c(Cl)c1Cl. The number of rotatable bonds is 2. The largest absolute Gasteiger partial charge is 0.284 e. The van der Waals surface area contributed by atoms with Crippen LogP contribution in [0.5, 0.6) is 0 Å². The fraction of sp³-hybridized carbons (Fsp3) is 0.100. The molecule has 78 valence electrons. The summed E-state index contributed by atoms with van der Waals surface area (Å²) in [4.78, 5) is 11.2. The third kappa shape index (κ3) is 2.08. The molecule has 0 radical (unpaired) electrons. The first-order chi connectivity index (χ1) is 7.18. The lowest BCUT2D eigenvalue weighted by Gasteiger charge is -2.03. The van der Waals surface area contributed by atoms with E-state index in [1.54, 1.807) is 0 Å². The summed E-state index contributed by atoms with van der Waals surface area (Å²) < 4.78 is 1.52. The van der Waals surface area contributed by atoms with Crippen molar-refractivity contribution in [3.8, 4) is 0 Å². The van der Waals surface area contributed by atoms with E-state index in [9.17, 15) is 4.79 Å². The molecule has 0 spiro atoms. The van der Waals surface area contributed by atoms with Gasteiger partial charge in [0, 0.05) is 0 Å². The molecule has 0 atom stereocenters. The van der Waals surface area contributed by atoms with Crippen LogP contribution in [0.15, 0.2) is 35.1 Å². The molecule has 2 rings (SSSR count). The summed E-state index contributed by atoms with van der Waals surface area (Å²) in [6.45, 7) is 0.502. The van der Waals surface area contributed by atoms with Crippen molar-refractivity contribution in [2.24, 2.45) is 0 Å². The average Bonchev–Trinajstić information content (AvgIpc) is 2.48. The maximum absolute atomic E-state index is 11.2. The molecule has 0 fully saturated rings. The van der Waals surface area contributed by atoms with Gasteiger partial charge in [0.05, 0.1) is 6.54 Å². The number of hydrogen-bond acceptors (Lipinski definition) is 1. The predicted molar refractivity (Wildman–Crippen MR) is 60.6 cm³/mol. The van der Waals surface area contributed by atoms with Crippen LogP contribution in [0.1, 0.15) is 5.56 Å². The highest BCUT2D eigenvalue weighted by Gasteiger charge is 2.09. The molecule has 0 aliphatic heterocycles. The zero-order chi connectivity index (χ0) is 10.8. The van der Waals surface area contributed by atoms with E-state index in [0.717, 1.165) is 5.56 Å². The number of aromatic nitrogens is 2. The van der Waals surface area contributed by atoms with Gasteiger partial charge >= 0.3 is 0 Å². The molecule has 1 aromatic heterocycles. The summed E-state index contributed by atoms with van der Waals surface area (Å²) in [6, 6.07) is 9.67. The Balaban J connectivity index is 2.33. The summed E-state index contributed by atoms with van der Waals surface area (Å²) >= 11 is 11.5. The second kappa shape index (κ2) is 4.13. The third-order valence-corrected chi connectivity index (χ3v) is 2.88. The van der Waals surface area contributed by atoms with Gasteiger partial charge in [0.15, 0.2) is 0 Å². The molecule has 15 heavy (non-hydrogen) atoms. The van der Waals surface area contributed by atoms with Gasteiger partial charge in [-0.25, -0.2) is 0 Å². The minimum Gasteiger partial charge on any atom is -0.268 e. The van der Waals surface area contributed by atoms with Crippen LogP contribution in [0, 0.1) is 0 Å². The quantitative estimate of drug-likeness (QED) is 0.864. The van der Waals surface area contributed by atoms with Crippen molar-refractivity contribution in [1.82, 2.24) is 9.78 Å². The van der Waals surface area contributed by atoms with Crippen LogP contribution in [0.25, 0.3) is 0 Å². The normalized spacial score (nSPS) is 10.5. The first kappa shape index (κ1) is 10.3. The van der Waals surface area contributed by atoms with E-state index in [4.69, 9.17) is 23.2 Å². The Morgan fingerprint density at radius 1 is 1.20 bits per heavy atom. The molecule has 1 N–H and O–H groups in total. The molecule has 3 nitrogen and oxygen atoms in total. The maximum Gasteiger partial charge on any atom is 0.284 e. The fourth-order valence-electron chi connectivity index (χ4n) is 1.31. The summed E-state index contributed by atoms with van der Waals surface area (Å²) in [7, 11) is 0. The van der Waals surface area contributed by atoms with Gasteiger partial charge in [-0.2, -0.15) is 0 Å². The van der Waals surface area contributed by atoms with Gasteiger partial charge in [0.1, 0.15) is 10.2 Å². The molecule has 0 saturated carbocycles. The molecule has 0 unspecified atom stereocenters. The first-order valence-electron chi connectivity index (χ1n) is 4.36. The molecule has 0 bridgehead atoms. The molecule has 1 heterocycles. The summed E-state index contributed by atoms with van der Waals surface area (Å²) in [5, 5.41) is 2.83. The van der Waals surface area contributed by atoms with Crippen LogP contribution in [0.4, 0.5) is 0 Å². The highest BCUT2D eigenvalue weighted by Crippen LogP contribution is 2.17. The summed E-state index contributed by atoms with van der Waals surface area (Å²) in [6.07, 6.45) is 0. The van der Waals surface area contributed by atoms with E-state index < -0.39 is 0 Å². The van der Waals surface area contributed by atoms with E-state index in [2.05, 4.69) is 5.10 Å². The molecule has 0 aliphatic carbocycles. The highest BCUT2D eigenvalue weighted by atomic mass is 35.5. The standard InChI is InChI=1S/C10H8Cl2N2O/c11-8-9(12)14(13-10(8)15)6-7-4-2-1-3-5-7/h1-5H,6H2,(H,13,15). The number of H-pyrrole nitrogens is 1. The van der Waals surface area contributed by atoms with Gasteiger partial charge in [0.25, 0.3) is 5.56 Å². The molecule has 0 aliphatic rings. The smallest absolute Gasteiger partial charge is 0.268 e. The zero-order valence-electron chi connectivity index (χ0n) is 7.71. The van der Waals surface area contributed by atoms with Gasteiger partial charge in [-0.1, -0.05) is 53.5 Å². The number of nitrogens with zero attached hydrogens (tertiary/aromatic N) is 1. The number of nitrogens with one attached hydrogen (secondary N) is 1. The molecule has 2 aromatic rings. The lowest BCUT2D eigenvalue weighted by Crippen LogP contribution is -2.06. The van der Waals surface area contributed by atoms with Crippen molar-refractivity contribution in [2.45, 2.75) is 6.54 Å². The van der Waals surface area contributed by atoms with E-state index in [1.165, 1.54) is 4.68 Å². The monoisotopic (exact) mass is 242 g/mol. The fourth-order valence-corrected chi connectivity index (χ4v) is 1.64. The molecular weight excluding hydrogens is 235 g/mol. The van der Waals surface area contributed by atoms with Gasteiger partial charge in [0.2, 0.25) is 0 Å². The van der Waals surface area contributed by atoms with Crippen LogP contribution < -0.4 is 5.56 Å². The maximum atomic E-state index is 11.2. The molecule has 0 saturated heterocycles. The van der Waals surface area contributed by atoms with Gasteiger partial charge in [-0.15, -0.1) is 0 Å². The van der Waals surface area contributed by atoms with Crippen molar-refractivity contribution in [1.29, 1.82) is 0 Å². The lowest BCUT2D eigenvalue weighted by molar-refractivity contribution is 0.680. The summed E-state index contributed by atoms with van der Waals surface area (Å²) in [5.41, 5.74) is 0.680. The van der Waals surface area contributed by atoms with Crippen LogP contribution in [-0.4, -0.2) is 9.78 Å². The molecular formula is C10H8Cl2N2O. The Morgan fingerprint density at radius 3 is 2.40 bits per heavy atom. The Labute approximate surface area is 96.2 Å². The zero-order valence-corrected chi connectivity index (χ0v) is 9.22. The van der Waals surface area contributed by atoms with Gasteiger partial charge in [-0.05, 0) is 5.56 Å². The van der Waals surface area contributed by atoms with E-state index >= 15 is 0 Å². The Bertz CT molecular complexity index is 516. The minimum absolute atomic E-state index is 0.0348.